The van der Waals surface area contributed by atoms with Crippen molar-refractivity contribution in [3.05, 3.63) is 11.9 Å². The Hall–Kier alpha value is -1.40. The smallest absolute Gasteiger partial charge is 0.221 e. The minimum Gasteiger partial charge on any atom is -0.478 e. The van der Waals surface area contributed by atoms with Gasteiger partial charge >= 0.3 is 0 Å². The molecule has 0 saturated heterocycles. The predicted octanol–water partition coefficient (Wildman–Crippen LogP) is 0.961. The Bertz CT molecular complexity index is 347. The zero-order valence-corrected chi connectivity index (χ0v) is 11.1. The molecule has 0 saturated carbocycles. The Morgan fingerprint density at radius 1 is 1.33 bits per heavy atom. The second kappa shape index (κ2) is 8.66. The summed E-state index contributed by atoms with van der Waals surface area (Å²) in [6.07, 6.45) is 2.42. The van der Waals surface area contributed by atoms with Crippen molar-refractivity contribution in [3.8, 4) is 5.88 Å². The van der Waals surface area contributed by atoms with Gasteiger partial charge in [0.2, 0.25) is 5.88 Å². The normalized spacial score (nSPS) is 10.4. The summed E-state index contributed by atoms with van der Waals surface area (Å²) in [5.41, 5.74) is 6.26. The van der Waals surface area contributed by atoms with E-state index in [1.165, 1.54) is 6.33 Å². The molecule has 0 radical (unpaired) electrons. The number of nitrogens with one attached hydrogen (secondary N) is 1. The average Bonchev–Trinajstić information content (AvgIpc) is 2.38. The molecule has 0 aromatic carbocycles. The summed E-state index contributed by atoms with van der Waals surface area (Å²) < 4.78 is 10.7. The van der Waals surface area contributed by atoms with Gasteiger partial charge in [-0.25, -0.2) is 9.97 Å². The highest BCUT2D eigenvalue weighted by atomic mass is 16.5. The first kappa shape index (κ1) is 14.7. The van der Waals surface area contributed by atoms with Crippen molar-refractivity contribution in [2.45, 2.75) is 20.3 Å². The van der Waals surface area contributed by atoms with Crippen LogP contribution in [0.4, 0.5) is 5.82 Å². The molecule has 0 spiro atoms. The van der Waals surface area contributed by atoms with Gasteiger partial charge in [-0.3, -0.25) is 0 Å². The van der Waals surface area contributed by atoms with Gasteiger partial charge in [0, 0.05) is 19.7 Å². The minimum atomic E-state index is 0.566. The highest BCUT2D eigenvalue weighted by Crippen LogP contribution is 2.19. The van der Waals surface area contributed by atoms with Crippen molar-refractivity contribution in [1.29, 1.82) is 0 Å². The van der Waals surface area contributed by atoms with Crippen molar-refractivity contribution in [2.75, 3.05) is 38.2 Å². The lowest BCUT2D eigenvalue weighted by atomic mass is 10.3. The molecule has 0 amide bonds. The van der Waals surface area contributed by atoms with Crippen LogP contribution in [0.25, 0.3) is 0 Å². The molecule has 0 aliphatic carbocycles. The summed E-state index contributed by atoms with van der Waals surface area (Å²) in [6, 6.07) is 0. The van der Waals surface area contributed by atoms with Crippen LogP contribution >= 0.6 is 0 Å². The Morgan fingerprint density at radius 3 is 2.89 bits per heavy atom. The number of ether oxygens (including phenoxy) is 2. The third-order valence-electron chi connectivity index (χ3n) is 2.34. The molecule has 0 aliphatic heterocycles. The fourth-order valence-corrected chi connectivity index (χ4v) is 1.46. The van der Waals surface area contributed by atoms with E-state index in [-0.39, 0.29) is 0 Å². The van der Waals surface area contributed by atoms with E-state index < -0.39 is 0 Å². The van der Waals surface area contributed by atoms with Crippen molar-refractivity contribution >= 4 is 5.82 Å². The van der Waals surface area contributed by atoms with E-state index in [9.17, 15) is 0 Å². The van der Waals surface area contributed by atoms with Gasteiger partial charge in [0.25, 0.3) is 0 Å². The molecule has 0 aliphatic rings. The maximum atomic E-state index is 5.41. The van der Waals surface area contributed by atoms with E-state index in [1.54, 1.807) is 0 Å². The zero-order valence-electron chi connectivity index (χ0n) is 11.1. The Kier molecular flexibility index (Phi) is 7.05. The summed E-state index contributed by atoms with van der Waals surface area (Å²) in [6.45, 7) is 7.16. The summed E-state index contributed by atoms with van der Waals surface area (Å²) in [5.74, 6) is 1.45. The molecule has 0 unspecified atom stereocenters. The largest absolute Gasteiger partial charge is 0.478 e. The standard InChI is InChI=1S/C12H22N4O2/c1-3-18-12-10(2)11(15-9-16-12)14-6-4-7-17-8-5-13/h9H,3-8,13H2,1-2H3,(H,14,15,16). The fraction of sp³-hybridized carbons (Fsp3) is 0.667. The third-order valence-corrected chi connectivity index (χ3v) is 2.34. The molecule has 1 rings (SSSR count). The Labute approximate surface area is 108 Å². The SMILES string of the molecule is CCOc1ncnc(NCCCOCCN)c1C. The van der Waals surface area contributed by atoms with Gasteiger partial charge in [0.05, 0.1) is 18.8 Å². The first-order chi connectivity index (χ1) is 8.79. The second-order valence-corrected chi connectivity index (χ2v) is 3.77. The van der Waals surface area contributed by atoms with Crippen LogP contribution in [0.5, 0.6) is 5.88 Å². The van der Waals surface area contributed by atoms with Crippen LogP contribution in [-0.2, 0) is 4.74 Å². The molecule has 0 fully saturated rings. The first-order valence-electron chi connectivity index (χ1n) is 6.25. The van der Waals surface area contributed by atoms with E-state index in [2.05, 4.69) is 15.3 Å². The van der Waals surface area contributed by atoms with Crippen molar-refractivity contribution in [3.63, 3.8) is 0 Å². The number of nitrogens with zero attached hydrogens (tertiary/aromatic N) is 2. The first-order valence-corrected chi connectivity index (χ1v) is 6.25. The molecule has 0 atom stereocenters. The van der Waals surface area contributed by atoms with Crippen LogP contribution in [0.2, 0.25) is 0 Å². The van der Waals surface area contributed by atoms with E-state index in [0.717, 1.165) is 24.3 Å². The monoisotopic (exact) mass is 254 g/mol. The van der Waals surface area contributed by atoms with Gasteiger partial charge in [-0.15, -0.1) is 0 Å². The number of hydrogen-bond donors (Lipinski definition) is 2. The predicted molar refractivity (Wildman–Crippen MR) is 70.9 cm³/mol. The molecule has 0 bridgehead atoms. The summed E-state index contributed by atoms with van der Waals surface area (Å²) >= 11 is 0. The second-order valence-electron chi connectivity index (χ2n) is 3.77. The van der Waals surface area contributed by atoms with Crippen LogP contribution in [0.15, 0.2) is 6.33 Å². The van der Waals surface area contributed by atoms with E-state index in [0.29, 0.717) is 32.2 Å². The molecule has 1 heterocycles. The number of aromatic nitrogens is 2. The summed E-state index contributed by atoms with van der Waals surface area (Å²) in [7, 11) is 0. The molecule has 18 heavy (non-hydrogen) atoms. The van der Waals surface area contributed by atoms with Crippen LogP contribution in [-0.4, -0.2) is 42.9 Å². The Balaban J connectivity index is 2.35. The molecular formula is C12H22N4O2. The molecular weight excluding hydrogens is 232 g/mol. The quantitative estimate of drug-likeness (QED) is 0.639. The lowest BCUT2D eigenvalue weighted by Crippen LogP contribution is -2.12. The number of anilines is 1. The molecule has 1 aromatic rings. The van der Waals surface area contributed by atoms with Gasteiger partial charge in [-0.1, -0.05) is 0 Å². The molecule has 6 nitrogen and oxygen atoms in total. The minimum absolute atomic E-state index is 0.566. The fourth-order valence-electron chi connectivity index (χ4n) is 1.46. The van der Waals surface area contributed by atoms with Gasteiger partial charge in [0.1, 0.15) is 12.1 Å². The van der Waals surface area contributed by atoms with Crippen LogP contribution in [0, 0.1) is 6.92 Å². The van der Waals surface area contributed by atoms with Crippen molar-refractivity contribution in [1.82, 2.24) is 9.97 Å². The molecule has 6 heteroatoms. The Morgan fingerprint density at radius 2 is 2.17 bits per heavy atom. The van der Waals surface area contributed by atoms with Crippen molar-refractivity contribution in [2.24, 2.45) is 5.73 Å². The van der Waals surface area contributed by atoms with Crippen LogP contribution in [0.3, 0.4) is 0 Å². The van der Waals surface area contributed by atoms with E-state index in [4.69, 9.17) is 15.2 Å². The maximum absolute atomic E-state index is 5.41. The molecule has 1 aromatic heterocycles. The van der Waals surface area contributed by atoms with Gasteiger partial charge in [-0.05, 0) is 20.3 Å². The zero-order chi connectivity index (χ0) is 13.2. The lowest BCUT2D eigenvalue weighted by Gasteiger charge is -2.11. The summed E-state index contributed by atoms with van der Waals surface area (Å²) in [5, 5.41) is 3.25. The molecule has 3 N–H and O–H groups in total. The van der Waals surface area contributed by atoms with Gasteiger partial charge < -0.3 is 20.5 Å². The van der Waals surface area contributed by atoms with E-state index >= 15 is 0 Å². The number of hydrogen-bond acceptors (Lipinski definition) is 6. The number of rotatable bonds is 9. The van der Waals surface area contributed by atoms with Gasteiger partial charge in [0.15, 0.2) is 0 Å². The van der Waals surface area contributed by atoms with Gasteiger partial charge in [-0.2, -0.15) is 0 Å². The van der Waals surface area contributed by atoms with Crippen molar-refractivity contribution < 1.29 is 9.47 Å². The van der Waals surface area contributed by atoms with E-state index in [1.807, 2.05) is 13.8 Å². The highest BCUT2D eigenvalue weighted by molar-refractivity contribution is 5.47. The highest BCUT2D eigenvalue weighted by Gasteiger charge is 2.06. The topological polar surface area (TPSA) is 82.3 Å². The summed E-state index contributed by atoms with van der Waals surface area (Å²) in [4.78, 5) is 8.28. The number of nitrogens with two attached hydrogens (primary N) is 1. The molecule has 102 valence electrons. The average molecular weight is 254 g/mol. The lowest BCUT2D eigenvalue weighted by molar-refractivity contribution is 0.141. The third kappa shape index (κ3) is 4.85. The maximum Gasteiger partial charge on any atom is 0.221 e. The van der Waals surface area contributed by atoms with Crippen LogP contribution < -0.4 is 15.8 Å². The van der Waals surface area contributed by atoms with Crippen LogP contribution in [0.1, 0.15) is 18.9 Å².